The molecule has 2 aromatic carbocycles. The molecule has 61 heavy (non-hydrogen) atoms. The van der Waals surface area contributed by atoms with Crippen LogP contribution >= 0.6 is 0 Å². The van der Waals surface area contributed by atoms with Gasteiger partial charge in [0, 0.05) is 25.5 Å². The third-order valence-corrected chi connectivity index (χ3v) is 10.7. The zero-order valence-electron chi connectivity index (χ0n) is 33.3. The maximum atomic E-state index is 13.4. The van der Waals surface area contributed by atoms with Gasteiger partial charge in [-0.1, -0.05) is 6.92 Å². The Morgan fingerprint density at radius 1 is 0.656 bits per heavy atom. The quantitative estimate of drug-likeness (QED) is 0.149. The molecular formula is C41H40F8N10O2. The number of imidazole rings is 2. The van der Waals surface area contributed by atoms with Crippen LogP contribution in [0.15, 0.2) is 73.3 Å². The minimum atomic E-state index is -4.58. The molecule has 12 nitrogen and oxygen atoms in total. The fourth-order valence-corrected chi connectivity index (χ4v) is 7.73. The van der Waals surface area contributed by atoms with Gasteiger partial charge in [0.1, 0.15) is 35.4 Å². The van der Waals surface area contributed by atoms with Crippen LogP contribution in [0.5, 0.6) is 0 Å². The lowest BCUT2D eigenvalue weighted by Crippen LogP contribution is -2.40. The fraction of sp³-hybridized carbons (Fsp3) is 0.366. The Kier molecular flexibility index (Phi) is 11.6. The summed E-state index contributed by atoms with van der Waals surface area (Å²) in [5, 5.41) is 8.72. The van der Waals surface area contributed by atoms with E-state index < -0.39 is 35.8 Å². The van der Waals surface area contributed by atoms with E-state index in [-0.39, 0.29) is 35.1 Å². The molecule has 0 saturated heterocycles. The number of aromatic nitrogens is 8. The van der Waals surface area contributed by atoms with Crippen molar-refractivity contribution in [2.75, 3.05) is 22.9 Å². The Morgan fingerprint density at radius 2 is 1.07 bits per heavy atom. The zero-order valence-corrected chi connectivity index (χ0v) is 33.3. The third kappa shape index (κ3) is 8.52. The van der Waals surface area contributed by atoms with Crippen LogP contribution in [0.1, 0.15) is 79.6 Å². The summed E-state index contributed by atoms with van der Waals surface area (Å²) in [6, 6.07) is 10.0. The van der Waals surface area contributed by atoms with Crippen molar-refractivity contribution in [3.8, 4) is 11.4 Å². The summed E-state index contributed by atoms with van der Waals surface area (Å²) in [5.41, 5.74) is 2.13. The van der Waals surface area contributed by atoms with Gasteiger partial charge < -0.3 is 18.9 Å². The Hall–Kier alpha value is -6.34. The highest BCUT2D eigenvalue weighted by Gasteiger charge is 2.39. The molecule has 0 aliphatic carbocycles. The van der Waals surface area contributed by atoms with Gasteiger partial charge in [-0.2, -0.15) is 36.5 Å². The largest absolute Gasteiger partial charge is 0.434 e. The molecule has 2 aliphatic heterocycles. The van der Waals surface area contributed by atoms with Crippen LogP contribution < -0.4 is 9.80 Å². The molecule has 2 aliphatic rings. The van der Waals surface area contributed by atoms with Crippen LogP contribution in [-0.2, 0) is 34.8 Å². The first kappa shape index (κ1) is 42.8. The number of alkyl halides is 6. The average molecular weight is 857 g/mol. The Bertz CT molecular complexity index is 2530. The maximum Gasteiger partial charge on any atom is 0.434 e. The van der Waals surface area contributed by atoms with Crippen LogP contribution in [0.25, 0.3) is 11.4 Å². The average Bonchev–Trinajstić information content (AvgIpc) is 4.03. The van der Waals surface area contributed by atoms with Crippen LogP contribution in [0.2, 0.25) is 0 Å². The standard InChI is InChI=1S/C21H21F4N5O.C20H19F4N5O/c1-3-16(29-12-19(21(23,24)25)27-13(29)2)20(31)28-10-4-5-17-18(28)11-26-30(17)15-8-6-14(22)7-9-15;1-12(28-11-18(20(22,23)24)26-13(28)2)19(30)27-9-3-4-16-17(27)10-25-29(16)15-7-5-14(21)6-8-15/h6-9,11-12,16H,3-5,10H2,1-2H3;5-8,10-12H,3-4,9H2,1-2H3. The fourth-order valence-electron chi connectivity index (χ4n) is 7.73. The van der Waals surface area contributed by atoms with Gasteiger partial charge in [0.2, 0.25) is 11.8 Å². The van der Waals surface area contributed by atoms with E-state index in [0.29, 0.717) is 67.9 Å². The molecule has 0 N–H and O–H groups in total. The van der Waals surface area contributed by atoms with Gasteiger partial charge >= 0.3 is 12.4 Å². The van der Waals surface area contributed by atoms with E-state index >= 15 is 0 Å². The van der Waals surface area contributed by atoms with Crippen molar-refractivity contribution in [3.05, 3.63) is 119 Å². The van der Waals surface area contributed by atoms with Gasteiger partial charge in [0.25, 0.3) is 0 Å². The number of benzene rings is 2. The monoisotopic (exact) mass is 856 g/mol. The van der Waals surface area contributed by atoms with Crippen molar-refractivity contribution in [1.82, 2.24) is 38.7 Å². The van der Waals surface area contributed by atoms with Crippen molar-refractivity contribution in [1.29, 1.82) is 0 Å². The summed E-state index contributed by atoms with van der Waals surface area (Å²) in [7, 11) is 0. The molecule has 322 valence electrons. The SMILES string of the molecule is CCC(C(=O)N1CCCc2c1cnn2-c1ccc(F)cc1)n1cc(C(F)(F)F)nc1C.Cc1nc(C(F)(F)F)cn1C(C)C(=O)N1CCCc2c1cnn2-c1ccc(F)cc1. The van der Waals surface area contributed by atoms with Gasteiger partial charge in [0.15, 0.2) is 11.4 Å². The molecule has 6 aromatic rings. The van der Waals surface area contributed by atoms with E-state index in [1.807, 2.05) is 0 Å². The highest BCUT2D eigenvalue weighted by molar-refractivity contribution is 5.97. The topological polar surface area (TPSA) is 112 Å². The minimum Gasteiger partial charge on any atom is -0.322 e. The lowest BCUT2D eigenvalue weighted by molar-refractivity contribution is -0.141. The molecule has 0 bridgehead atoms. The molecule has 6 heterocycles. The number of anilines is 2. The van der Waals surface area contributed by atoms with Gasteiger partial charge in [-0.25, -0.2) is 28.1 Å². The van der Waals surface area contributed by atoms with Gasteiger partial charge in [-0.15, -0.1) is 0 Å². The molecule has 2 unspecified atom stereocenters. The number of hydrogen-bond acceptors (Lipinski definition) is 6. The highest BCUT2D eigenvalue weighted by Crippen LogP contribution is 2.35. The smallest absolute Gasteiger partial charge is 0.322 e. The van der Waals surface area contributed by atoms with E-state index in [4.69, 9.17) is 0 Å². The Labute approximate surface area is 344 Å². The van der Waals surface area contributed by atoms with E-state index in [2.05, 4.69) is 20.2 Å². The number of carbonyl (C=O) groups excluding carboxylic acids is 2. The molecule has 4 aromatic heterocycles. The Morgan fingerprint density at radius 3 is 1.48 bits per heavy atom. The van der Waals surface area contributed by atoms with Crippen LogP contribution in [0, 0.1) is 25.5 Å². The van der Waals surface area contributed by atoms with Gasteiger partial charge in [0.05, 0.1) is 46.5 Å². The van der Waals surface area contributed by atoms with E-state index in [9.17, 15) is 44.7 Å². The van der Waals surface area contributed by atoms with Crippen molar-refractivity contribution in [2.24, 2.45) is 0 Å². The number of halogens is 8. The molecule has 8 rings (SSSR count). The summed E-state index contributed by atoms with van der Waals surface area (Å²) in [5.74, 6) is -1.13. The molecule has 20 heteroatoms. The third-order valence-electron chi connectivity index (χ3n) is 10.7. The zero-order chi connectivity index (χ0) is 44.0. The van der Waals surface area contributed by atoms with E-state index in [1.165, 1.54) is 47.2 Å². The number of hydrogen-bond donors (Lipinski definition) is 0. The second-order valence-corrected chi connectivity index (χ2v) is 14.7. The van der Waals surface area contributed by atoms with Crippen LogP contribution in [0.4, 0.5) is 46.5 Å². The molecular weight excluding hydrogens is 817 g/mol. The van der Waals surface area contributed by atoms with E-state index in [0.717, 1.165) is 23.8 Å². The molecule has 0 fully saturated rings. The molecule has 0 spiro atoms. The summed E-state index contributed by atoms with van der Waals surface area (Å²) in [6.07, 6.45) is -1.24. The molecule has 2 atom stereocenters. The number of rotatable bonds is 7. The predicted molar refractivity (Wildman–Crippen MR) is 206 cm³/mol. The highest BCUT2D eigenvalue weighted by atomic mass is 19.4. The maximum absolute atomic E-state index is 13.4. The van der Waals surface area contributed by atoms with E-state index in [1.54, 1.807) is 69.7 Å². The van der Waals surface area contributed by atoms with Crippen molar-refractivity contribution in [3.63, 3.8) is 0 Å². The summed E-state index contributed by atoms with van der Waals surface area (Å²) < 4.78 is 111. The lowest BCUT2D eigenvalue weighted by Gasteiger charge is -2.31. The predicted octanol–water partition coefficient (Wildman–Crippen LogP) is 8.54. The van der Waals surface area contributed by atoms with Crippen LogP contribution in [-0.4, -0.2) is 63.6 Å². The number of carbonyl (C=O) groups is 2. The number of amides is 2. The lowest BCUT2D eigenvalue weighted by atomic mass is 10.1. The van der Waals surface area contributed by atoms with Gasteiger partial charge in [-0.3, -0.25) is 9.59 Å². The first-order chi connectivity index (χ1) is 28.9. The molecule has 0 saturated carbocycles. The van der Waals surface area contributed by atoms with Crippen LogP contribution in [0.3, 0.4) is 0 Å². The normalized spacial score (nSPS) is 15.1. The van der Waals surface area contributed by atoms with Gasteiger partial charge in [-0.05, 0) is 101 Å². The minimum absolute atomic E-state index is 0.113. The number of aryl methyl sites for hydroxylation is 2. The second kappa shape index (κ2) is 16.6. The van der Waals surface area contributed by atoms with Crippen molar-refractivity contribution < 1.29 is 44.7 Å². The summed E-state index contributed by atoms with van der Waals surface area (Å²) in [4.78, 5) is 36.8. The molecule has 0 radical (unpaired) electrons. The number of fused-ring (bicyclic) bond motifs is 2. The Balaban J connectivity index is 0.000000184. The second-order valence-electron chi connectivity index (χ2n) is 14.7. The first-order valence-corrected chi connectivity index (χ1v) is 19.4. The first-order valence-electron chi connectivity index (χ1n) is 19.4. The summed E-state index contributed by atoms with van der Waals surface area (Å²) in [6.45, 7) is 7.08. The van der Waals surface area contributed by atoms with Crippen molar-refractivity contribution in [2.45, 2.75) is 84.2 Å². The molecule has 2 amide bonds. The number of nitrogens with zero attached hydrogens (tertiary/aromatic N) is 10. The summed E-state index contributed by atoms with van der Waals surface area (Å²) >= 11 is 0. The van der Waals surface area contributed by atoms with Crippen molar-refractivity contribution >= 4 is 23.2 Å².